The van der Waals surface area contributed by atoms with E-state index in [1.165, 1.54) is 6.92 Å². The zero-order valence-corrected chi connectivity index (χ0v) is 7.09. The molecule has 0 bridgehead atoms. The Morgan fingerprint density at radius 3 is 2.79 bits per heavy atom. The van der Waals surface area contributed by atoms with Crippen molar-refractivity contribution in [3.8, 4) is 0 Å². The number of carbonyl (C=O) groups is 1. The number of aromatic nitrogens is 1. The van der Waals surface area contributed by atoms with Crippen LogP contribution >= 0.6 is 0 Å². The Hall–Kier alpha value is -1.53. The van der Waals surface area contributed by atoms with Crippen molar-refractivity contribution < 1.29 is 27.2 Å². The van der Waals surface area contributed by atoms with Crippen LogP contribution in [0.2, 0.25) is 0 Å². The van der Waals surface area contributed by atoms with Gasteiger partial charge in [-0.3, -0.25) is 0 Å². The van der Waals surface area contributed by atoms with Gasteiger partial charge >= 0.3 is 12.1 Å². The van der Waals surface area contributed by atoms with Gasteiger partial charge in [0, 0.05) is 0 Å². The minimum Gasteiger partial charge on any atom is -0.462 e. The van der Waals surface area contributed by atoms with Crippen molar-refractivity contribution >= 4 is 5.97 Å². The highest BCUT2D eigenvalue weighted by Gasteiger charge is 2.40. The van der Waals surface area contributed by atoms with Crippen LogP contribution in [0.4, 0.5) is 13.2 Å². The van der Waals surface area contributed by atoms with Crippen molar-refractivity contribution in [2.75, 3.05) is 6.61 Å². The second kappa shape index (κ2) is 3.69. The summed E-state index contributed by atoms with van der Waals surface area (Å²) in [5.41, 5.74) is -2.07. The van der Waals surface area contributed by atoms with Gasteiger partial charge in [0.2, 0.25) is 5.69 Å². The molecular formula is C7H6F3NO3. The van der Waals surface area contributed by atoms with Crippen LogP contribution in [0.5, 0.6) is 0 Å². The number of hydrogen-bond acceptors (Lipinski definition) is 4. The monoisotopic (exact) mass is 209 g/mol. The molecule has 0 aromatic carbocycles. The summed E-state index contributed by atoms with van der Waals surface area (Å²) < 4.78 is 44.9. The number of nitrogens with zero attached hydrogens (tertiary/aromatic N) is 1. The maximum atomic E-state index is 12.2. The first-order valence-corrected chi connectivity index (χ1v) is 3.65. The predicted octanol–water partition coefficient (Wildman–Crippen LogP) is 1.87. The molecule has 0 saturated carbocycles. The van der Waals surface area contributed by atoms with E-state index in [0.717, 1.165) is 0 Å². The lowest BCUT2D eigenvalue weighted by molar-refractivity contribution is -0.143. The molecule has 0 aliphatic rings. The minimum atomic E-state index is -4.71. The van der Waals surface area contributed by atoms with Crippen LogP contribution < -0.4 is 0 Å². The van der Waals surface area contributed by atoms with Crippen molar-refractivity contribution in [3.05, 3.63) is 17.5 Å². The number of carbonyl (C=O) groups excluding carboxylic acids is 1. The Bertz CT molecular complexity index is 331. The Balaban J connectivity index is 2.99. The molecule has 0 fully saturated rings. The Labute approximate surface area is 76.6 Å². The van der Waals surface area contributed by atoms with Crippen LogP contribution in [0.3, 0.4) is 0 Å². The first kappa shape index (κ1) is 10.6. The first-order valence-electron chi connectivity index (χ1n) is 3.65. The van der Waals surface area contributed by atoms with Crippen LogP contribution in [0, 0.1) is 0 Å². The number of rotatable bonds is 2. The van der Waals surface area contributed by atoms with Gasteiger partial charge in [0.05, 0.1) is 6.61 Å². The summed E-state index contributed by atoms with van der Waals surface area (Å²) in [6, 6.07) is 0. The summed E-state index contributed by atoms with van der Waals surface area (Å²) in [7, 11) is 0. The number of halogens is 3. The fraction of sp³-hybridized carbons (Fsp3) is 0.429. The van der Waals surface area contributed by atoms with Crippen molar-refractivity contribution in [3.63, 3.8) is 0 Å². The van der Waals surface area contributed by atoms with Gasteiger partial charge in [-0.25, -0.2) is 4.79 Å². The second-order valence-electron chi connectivity index (χ2n) is 2.30. The molecule has 0 saturated heterocycles. The van der Waals surface area contributed by atoms with E-state index in [1.807, 2.05) is 0 Å². The number of ether oxygens (including phenoxy) is 1. The van der Waals surface area contributed by atoms with Gasteiger partial charge in [0.25, 0.3) is 0 Å². The lowest BCUT2D eigenvalue weighted by Gasteiger charge is -2.03. The third-order valence-electron chi connectivity index (χ3n) is 1.33. The molecule has 1 aromatic heterocycles. The number of esters is 1. The normalized spacial score (nSPS) is 11.4. The maximum Gasteiger partial charge on any atom is 0.437 e. The van der Waals surface area contributed by atoms with Crippen molar-refractivity contribution in [2.45, 2.75) is 13.1 Å². The van der Waals surface area contributed by atoms with Crippen molar-refractivity contribution in [1.82, 2.24) is 5.16 Å². The van der Waals surface area contributed by atoms with E-state index in [2.05, 4.69) is 14.4 Å². The highest BCUT2D eigenvalue weighted by atomic mass is 19.4. The standard InChI is InChI=1S/C7H6F3NO3/c1-2-13-6(12)4-3-14-11-5(4)7(8,9)10/h3H,2H2,1H3. The fourth-order valence-electron chi connectivity index (χ4n) is 0.795. The van der Waals surface area contributed by atoms with E-state index in [4.69, 9.17) is 0 Å². The molecule has 0 atom stereocenters. The average molecular weight is 209 g/mol. The SMILES string of the molecule is CCOC(=O)c1conc1C(F)(F)F. The molecule has 1 aromatic rings. The van der Waals surface area contributed by atoms with Gasteiger partial charge in [-0.1, -0.05) is 5.16 Å². The van der Waals surface area contributed by atoms with Crippen LogP contribution in [0.15, 0.2) is 10.8 Å². The molecule has 0 radical (unpaired) electrons. The van der Waals surface area contributed by atoms with E-state index in [9.17, 15) is 18.0 Å². The molecule has 7 heteroatoms. The number of hydrogen-bond donors (Lipinski definition) is 0. The molecule has 78 valence electrons. The molecule has 14 heavy (non-hydrogen) atoms. The van der Waals surface area contributed by atoms with Crippen LogP contribution in [0.1, 0.15) is 23.0 Å². The van der Waals surface area contributed by atoms with Crippen LogP contribution in [-0.4, -0.2) is 17.7 Å². The van der Waals surface area contributed by atoms with Gasteiger partial charge in [-0.05, 0) is 6.92 Å². The first-order chi connectivity index (χ1) is 6.46. The molecule has 1 heterocycles. The zero-order valence-electron chi connectivity index (χ0n) is 7.09. The van der Waals surface area contributed by atoms with Crippen LogP contribution in [0.25, 0.3) is 0 Å². The topological polar surface area (TPSA) is 52.3 Å². The lowest BCUT2D eigenvalue weighted by atomic mass is 10.2. The van der Waals surface area contributed by atoms with Gasteiger partial charge in [-0.15, -0.1) is 0 Å². The molecule has 0 spiro atoms. The van der Waals surface area contributed by atoms with Crippen molar-refractivity contribution in [2.24, 2.45) is 0 Å². The Morgan fingerprint density at radius 2 is 2.29 bits per heavy atom. The summed E-state index contributed by atoms with van der Waals surface area (Å²) in [6.07, 6.45) is -4.10. The third kappa shape index (κ3) is 2.04. The van der Waals surface area contributed by atoms with Gasteiger partial charge < -0.3 is 9.26 Å². The molecular weight excluding hydrogens is 203 g/mol. The van der Waals surface area contributed by atoms with E-state index in [0.29, 0.717) is 6.26 Å². The summed E-state index contributed by atoms with van der Waals surface area (Å²) in [5, 5.41) is 2.69. The zero-order chi connectivity index (χ0) is 10.8. The fourth-order valence-corrected chi connectivity index (χ4v) is 0.795. The Morgan fingerprint density at radius 1 is 1.64 bits per heavy atom. The van der Waals surface area contributed by atoms with E-state index in [1.54, 1.807) is 0 Å². The molecule has 0 N–H and O–H groups in total. The highest BCUT2D eigenvalue weighted by Crippen LogP contribution is 2.30. The Kier molecular flexibility index (Phi) is 2.78. The average Bonchev–Trinajstić information content (AvgIpc) is 2.50. The molecule has 0 aliphatic carbocycles. The molecule has 0 aliphatic heterocycles. The van der Waals surface area contributed by atoms with E-state index >= 15 is 0 Å². The minimum absolute atomic E-state index is 0.0126. The van der Waals surface area contributed by atoms with Gasteiger partial charge in [0.1, 0.15) is 11.8 Å². The quantitative estimate of drug-likeness (QED) is 0.697. The summed E-state index contributed by atoms with van der Waals surface area (Å²) in [4.78, 5) is 11.0. The maximum absolute atomic E-state index is 12.2. The van der Waals surface area contributed by atoms with Crippen molar-refractivity contribution in [1.29, 1.82) is 0 Å². The number of alkyl halides is 3. The van der Waals surface area contributed by atoms with Crippen LogP contribution in [-0.2, 0) is 10.9 Å². The largest absolute Gasteiger partial charge is 0.462 e. The van der Waals surface area contributed by atoms with Gasteiger partial charge in [0.15, 0.2) is 0 Å². The second-order valence-corrected chi connectivity index (χ2v) is 2.30. The summed E-state index contributed by atoms with van der Waals surface area (Å²) >= 11 is 0. The van der Waals surface area contributed by atoms with E-state index in [-0.39, 0.29) is 6.61 Å². The third-order valence-corrected chi connectivity index (χ3v) is 1.33. The molecule has 0 amide bonds. The summed E-state index contributed by atoms with van der Waals surface area (Å²) in [6.45, 7) is 1.47. The van der Waals surface area contributed by atoms with E-state index < -0.39 is 23.4 Å². The lowest BCUT2D eigenvalue weighted by Crippen LogP contribution is -2.14. The smallest absolute Gasteiger partial charge is 0.437 e. The highest BCUT2D eigenvalue weighted by molar-refractivity contribution is 5.90. The molecule has 1 rings (SSSR count). The van der Waals surface area contributed by atoms with Gasteiger partial charge in [-0.2, -0.15) is 13.2 Å². The molecule has 4 nitrogen and oxygen atoms in total. The summed E-state index contributed by atoms with van der Waals surface area (Å²) in [5.74, 6) is -1.10. The molecule has 0 unspecified atom stereocenters. The predicted molar refractivity (Wildman–Crippen MR) is 37.5 cm³/mol.